The second-order valence-electron chi connectivity index (χ2n) is 5.06. The first-order valence-corrected chi connectivity index (χ1v) is 7.54. The van der Waals surface area contributed by atoms with Crippen LogP contribution in [0.3, 0.4) is 0 Å². The van der Waals surface area contributed by atoms with E-state index in [1.54, 1.807) is 0 Å². The second-order valence-corrected chi connectivity index (χ2v) is 5.92. The van der Waals surface area contributed by atoms with Gasteiger partial charge in [0.15, 0.2) is 0 Å². The van der Waals surface area contributed by atoms with E-state index in [0.29, 0.717) is 6.04 Å². The highest BCUT2D eigenvalue weighted by atomic mass is 79.9. The van der Waals surface area contributed by atoms with Crippen molar-refractivity contribution in [3.05, 3.63) is 40.4 Å². The third-order valence-corrected chi connectivity index (χ3v) is 4.63. The number of nitrogens with zero attached hydrogens (tertiary/aromatic N) is 1. The molecule has 0 spiro atoms. The first kappa shape index (κ1) is 12.4. The Kier molecular flexibility index (Phi) is 3.83. The van der Waals surface area contributed by atoms with Gasteiger partial charge in [-0.15, -0.1) is 0 Å². The Labute approximate surface area is 117 Å². The first-order valence-electron chi connectivity index (χ1n) is 6.75. The van der Waals surface area contributed by atoms with Crippen LogP contribution in [0.1, 0.15) is 18.4 Å². The highest BCUT2D eigenvalue weighted by molar-refractivity contribution is 9.10. The fraction of sp³-hybridized carbons (Fsp3) is 0.467. The lowest BCUT2D eigenvalue weighted by Gasteiger charge is -2.31. The summed E-state index contributed by atoms with van der Waals surface area (Å²) in [5.74, 6) is 0. The molecule has 0 bridgehead atoms. The minimum atomic E-state index is 0.647. The van der Waals surface area contributed by atoms with E-state index in [-0.39, 0.29) is 0 Å². The van der Waals surface area contributed by atoms with Gasteiger partial charge < -0.3 is 5.32 Å². The predicted octanol–water partition coefficient (Wildman–Crippen LogP) is 2.90. The molecule has 1 atom stereocenters. The fourth-order valence-electron chi connectivity index (χ4n) is 2.95. The van der Waals surface area contributed by atoms with E-state index in [4.69, 9.17) is 0 Å². The van der Waals surface area contributed by atoms with Gasteiger partial charge in [0.1, 0.15) is 0 Å². The SMILES string of the molecule is Brc1ccccc1C1=CC(N2CCNCC2)CC1. The Morgan fingerprint density at radius 1 is 1.17 bits per heavy atom. The average Bonchev–Trinajstić information content (AvgIpc) is 2.90. The normalized spacial score (nSPS) is 25.2. The molecule has 0 saturated carbocycles. The average molecular weight is 307 g/mol. The van der Waals surface area contributed by atoms with Gasteiger partial charge in [0.25, 0.3) is 0 Å². The molecule has 96 valence electrons. The molecule has 1 aliphatic carbocycles. The molecule has 18 heavy (non-hydrogen) atoms. The number of rotatable bonds is 2. The van der Waals surface area contributed by atoms with Gasteiger partial charge in [-0.25, -0.2) is 0 Å². The van der Waals surface area contributed by atoms with Crippen LogP contribution < -0.4 is 5.32 Å². The van der Waals surface area contributed by atoms with Gasteiger partial charge in [-0.3, -0.25) is 4.90 Å². The fourth-order valence-corrected chi connectivity index (χ4v) is 3.49. The van der Waals surface area contributed by atoms with Crippen LogP contribution in [-0.2, 0) is 0 Å². The topological polar surface area (TPSA) is 15.3 Å². The van der Waals surface area contributed by atoms with Gasteiger partial charge in [-0.2, -0.15) is 0 Å². The largest absolute Gasteiger partial charge is 0.314 e. The zero-order valence-electron chi connectivity index (χ0n) is 10.5. The van der Waals surface area contributed by atoms with Crippen molar-refractivity contribution < 1.29 is 0 Å². The number of piperazine rings is 1. The van der Waals surface area contributed by atoms with Crippen LogP contribution >= 0.6 is 15.9 Å². The molecule has 1 unspecified atom stereocenters. The number of hydrogen-bond donors (Lipinski definition) is 1. The lowest BCUT2D eigenvalue weighted by atomic mass is 10.1. The summed E-state index contributed by atoms with van der Waals surface area (Å²) in [7, 11) is 0. The van der Waals surface area contributed by atoms with Crippen molar-refractivity contribution in [1.29, 1.82) is 0 Å². The van der Waals surface area contributed by atoms with Gasteiger partial charge in [0.2, 0.25) is 0 Å². The van der Waals surface area contributed by atoms with E-state index >= 15 is 0 Å². The summed E-state index contributed by atoms with van der Waals surface area (Å²) < 4.78 is 1.22. The minimum absolute atomic E-state index is 0.647. The number of hydrogen-bond acceptors (Lipinski definition) is 2. The van der Waals surface area contributed by atoms with Crippen molar-refractivity contribution in [3.63, 3.8) is 0 Å². The van der Waals surface area contributed by atoms with Crippen LogP contribution in [0, 0.1) is 0 Å². The number of nitrogens with one attached hydrogen (secondary N) is 1. The quantitative estimate of drug-likeness (QED) is 0.904. The van der Waals surface area contributed by atoms with Crippen molar-refractivity contribution >= 4 is 21.5 Å². The molecule has 2 nitrogen and oxygen atoms in total. The summed E-state index contributed by atoms with van der Waals surface area (Å²) in [5.41, 5.74) is 2.88. The highest BCUT2D eigenvalue weighted by Crippen LogP contribution is 2.34. The van der Waals surface area contributed by atoms with E-state index in [0.717, 1.165) is 13.1 Å². The summed E-state index contributed by atoms with van der Waals surface area (Å²) in [6, 6.07) is 9.20. The Morgan fingerprint density at radius 2 is 1.94 bits per heavy atom. The van der Waals surface area contributed by atoms with Crippen LogP contribution in [-0.4, -0.2) is 37.1 Å². The standard InChI is InChI=1S/C15H19BrN2/c16-15-4-2-1-3-14(15)12-5-6-13(11-12)18-9-7-17-8-10-18/h1-4,11,13,17H,5-10H2. The maximum absolute atomic E-state index is 3.66. The molecule has 1 saturated heterocycles. The Morgan fingerprint density at radius 3 is 2.72 bits per heavy atom. The van der Waals surface area contributed by atoms with Crippen molar-refractivity contribution in [2.45, 2.75) is 18.9 Å². The maximum atomic E-state index is 3.66. The molecule has 1 heterocycles. The third-order valence-electron chi connectivity index (χ3n) is 3.94. The van der Waals surface area contributed by atoms with Crippen molar-refractivity contribution in [3.8, 4) is 0 Å². The Hall–Kier alpha value is -0.640. The summed E-state index contributed by atoms with van der Waals surface area (Å²) in [6.07, 6.45) is 4.96. The predicted molar refractivity (Wildman–Crippen MR) is 79.6 cm³/mol. The van der Waals surface area contributed by atoms with E-state index in [9.17, 15) is 0 Å². The molecular formula is C15H19BrN2. The summed E-state index contributed by atoms with van der Waals surface area (Å²) >= 11 is 3.66. The molecule has 3 rings (SSSR count). The minimum Gasteiger partial charge on any atom is -0.314 e. The van der Waals surface area contributed by atoms with Gasteiger partial charge in [0, 0.05) is 36.7 Å². The van der Waals surface area contributed by atoms with Crippen LogP contribution in [0.4, 0.5) is 0 Å². The molecule has 0 radical (unpaired) electrons. The monoisotopic (exact) mass is 306 g/mol. The van der Waals surface area contributed by atoms with Crippen molar-refractivity contribution in [1.82, 2.24) is 10.2 Å². The lowest BCUT2D eigenvalue weighted by molar-refractivity contribution is 0.200. The van der Waals surface area contributed by atoms with Crippen molar-refractivity contribution in [2.24, 2.45) is 0 Å². The number of halogens is 1. The Balaban J connectivity index is 1.77. The highest BCUT2D eigenvalue weighted by Gasteiger charge is 2.24. The second kappa shape index (κ2) is 5.55. The molecule has 1 aromatic carbocycles. The summed E-state index contributed by atoms with van der Waals surface area (Å²) in [6.45, 7) is 4.64. The first-order chi connectivity index (χ1) is 8.84. The zero-order chi connectivity index (χ0) is 12.4. The van der Waals surface area contributed by atoms with Crippen LogP contribution in [0.5, 0.6) is 0 Å². The van der Waals surface area contributed by atoms with E-state index in [1.807, 2.05) is 0 Å². The van der Waals surface area contributed by atoms with Crippen LogP contribution in [0.2, 0.25) is 0 Å². The third kappa shape index (κ3) is 2.53. The summed E-state index contributed by atoms with van der Waals surface area (Å²) in [4.78, 5) is 2.61. The molecule has 1 aliphatic heterocycles. The lowest BCUT2D eigenvalue weighted by Crippen LogP contribution is -2.47. The molecule has 1 fully saturated rings. The van der Waals surface area contributed by atoms with Gasteiger partial charge >= 0.3 is 0 Å². The molecular weight excluding hydrogens is 288 g/mol. The smallest absolute Gasteiger partial charge is 0.0288 e. The maximum Gasteiger partial charge on any atom is 0.0288 e. The zero-order valence-corrected chi connectivity index (χ0v) is 12.1. The van der Waals surface area contributed by atoms with Crippen LogP contribution in [0.15, 0.2) is 34.8 Å². The van der Waals surface area contributed by atoms with Gasteiger partial charge in [-0.1, -0.05) is 40.2 Å². The Bertz CT molecular complexity index is 450. The van der Waals surface area contributed by atoms with E-state index in [1.165, 1.54) is 41.5 Å². The van der Waals surface area contributed by atoms with E-state index < -0.39 is 0 Å². The number of allylic oxidation sites excluding steroid dienone is 1. The molecule has 1 N–H and O–H groups in total. The van der Waals surface area contributed by atoms with Crippen LogP contribution in [0.25, 0.3) is 5.57 Å². The summed E-state index contributed by atoms with van der Waals surface area (Å²) in [5, 5.41) is 3.42. The molecule has 0 amide bonds. The molecule has 3 heteroatoms. The molecule has 2 aliphatic rings. The molecule has 1 aromatic rings. The van der Waals surface area contributed by atoms with E-state index in [2.05, 4.69) is 56.5 Å². The molecule has 0 aromatic heterocycles. The van der Waals surface area contributed by atoms with Crippen molar-refractivity contribution in [2.75, 3.05) is 26.2 Å². The van der Waals surface area contributed by atoms with Gasteiger partial charge in [0.05, 0.1) is 0 Å². The van der Waals surface area contributed by atoms with Gasteiger partial charge in [-0.05, 0) is 30.0 Å². The number of benzene rings is 1.